The molecule has 1 atom stereocenters. The number of hydrogen-bond acceptors (Lipinski definition) is 6. The minimum Gasteiger partial charge on any atom is -0.394 e. The number of nitrogens with zero attached hydrogens (tertiary/aromatic N) is 2. The Kier molecular flexibility index (Phi) is 20.3. The maximum Gasteiger partial charge on any atom is 0.350 e. The van der Waals surface area contributed by atoms with E-state index in [1.165, 1.54) is 102 Å². The van der Waals surface area contributed by atoms with Gasteiger partial charge in [-0.15, -0.1) is 0 Å². The van der Waals surface area contributed by atoms with Gasteiger partial charge in [0.25, 0.3) is 0 Å². The lowest BCUT2D eigenvalue weighted by Crippen LogP contribution is -2.32. The lowest BCUT2D eigenvalue weighted by atomic mass is 10.0. The molecule has 0 spiro atoms. The molecule has 0 saturated heterocycles. The lowest BCUT2D eigenvalue weighted by molar-refractivity contribution is 0.0188. The van der Waals surface area contributed by atoms with Crippen LogP contribution in [-0.2, 0) is 15.8 Å². The average Bonchev–Trinajstić information content (AvgIpc) is 2.78. The molecule has 0 bridgehead atoms. The van der Waals surface area contributed by atoms with Gasteiger partial charge in [-0.1, -0.05) is 104 Å². The number of aromatic nitrogens is 2. The first kappa shape index (κ1) is 32.8. The Labute approximate surface area is 205 Å². The van der Waals surface area contributed by atoms with Crippen LogP contribution in [0, 0.1) is 0 Å². The summed E-state index contributed by atoms with van der Waals surface area (Å²) in [4.78, 5) is 32.1. The van der Waals surface area contributed by atoms with E-state index in [0.29, 0.717) is 0 Å². The number of unbranched alkanes of at least 4 members (excludes halogenated alkanes) is 13. The molecule has 1 unspecified atom stereocenters. The van der Waals surface area contributed by atoms with Gasteiger partial charge in [0.05, 0.1) is 19.3 Å². The molecule has 5 N–H and O–H groups in total. The van der Waals surface area contributed by atoms with Crippen LogP contribution in [0.3, 0.4) is 0 Å². The van der Waals surface area contributed by atoms with Gasteiger partial charge in [-0.2, -0.15) is 4.98 Å². The van der Waals surface area contributed by atoms with Crippen LogP contribution in [-0.4, -0.2) is 43.5 Å². The highest BCUT2D eigenvalue weighted by atomic mass is 31.2. The van der Waals surface area contributed by atoms with Crippen LogP contribution in [0.1, 0.15) is 104 Å². The number of aliphatic hydroxyl groups is 1. The monoisotopic (exact) mass is 505 g/mol. The molecular formula is C24H48N3O6P. The summed E-state index contributed by atoms with van der Waals surface area (Å²) in [5.74, 6) is 0.0629. The first-order valence-corrected chi connectivity index (χ1v) is 14.6. The molecule has 0 aromatic carbocycles. The second kappa shape index (κ2) is 21.1. The van der Waals surface area contributed by atoms with Crippen molar-refractivity contribution in [2.75, 3.05) is 18.7 Å². The average molecular weight is 506 g/mol. The Balaban J connectivity index is 0.000000646. The summed E-state index contributed by atoms with van der Waals surface area (Å²) < 4.78 is 16.5. The summed E-state index contributed by atoms with van der Waals surface area (Å²) in [5.41, 5.74) is 4.67. The van der Waals surface area contributed by atoms with Crippen LogP contribution >= 0.6 is 7.60 Å². The quantitative estimate of drug-likeness (QED) is 0.154. The number of ether oxygens (including phenoxy) is 1. The summed E-state index contributed by atoms with van der Waals surface area (Å²) in [6.45, 7) is 4.01. The van der Waals surface area contributed by atoms with Crippen molar-refractivity contribution >= 4 is 13.4 Å². The molecular weight excluding hydrogens is 457 g/mol. The predicted octanol–water partition coefficient (Wildman–Crippen LogP) is 4.83. The third kappa shape index (κ3) is 20.2. The Morgan fingerprint density at radius 1 is 0.941 bits per heavy atom. The van der Waals surface area contributed by atoms with Crippen molar-refractivity contribution in [2.24, 2.45) is 0 Å². The fourth-order valence-corrected chi connectivity index (χ4v) is 3.84. The summed E-state index contributed by atoms with van der Waals surface area (Å²) in [5, 5.41) is 8.99. The van der Waals surface area contributed by atoms with Gasteiger partial charge in [0, 0.05) is 6.20 Å². The van der Waals surface area contributed by atoms with Crippen LogP contribution in [0.5, 0.6) is 0 Å². The molecule has 0 radical (unpaired) electrons. The fourth-order valence-electron chi connectivity index (χ4n) is 3.43. The molecule has 0 aliphatic carbocycles. The van der Waals surface area contributed by atoms with Crippen LogP contribution < -0.4 is 11.4 Å². The van der Waals surface area contributed by atoms with Gasteiger partial charge in [0.1, 0.15) is 12.2 Å². The van der Waals surface area contributed by atoms with Crippen LogP contribution in [0.4, 0.5) is 5.82 Å². The van der Waals surface area contributed by atoms with E-state index in [1.54, 1.807) is 0 Å². The Bertz CT molecular complexity index is 696. The van der Waals surface area contributed by atoms with E-state index >= 15 is 0 Å². The molecule has 200 valence electrons. The molecule has 1 aromatic heterocycles. The highest BCUT2D eigenvalue weighted by Gasteiger charge is 2.18. The second-order valence-corrected chi connectivity index (χ2v) is 10.4. The number of aliphatic hydroxyl groups excluding tert-OH is 1. The third-order valence-electron chi connectivity index (χ3n) is 5.44. The van der Waals surface area contributed by atoms with Crippen LogP contribution in [0.15, 0.2) is 17.1 Å². The zero-order valence-electron chi connectivity index (χ0n) is 21.2. The third-order valence-corrected chi connectivity index (χ3v) is 5.92. The molecule has 34 heavy (non-hydrogen) atoms. The van der Waals surface area contributed by atoms with Crippen molar-refractivity contribution in [3.8, 4) is 0 Å². The van der Waals surface area contributed by atoms with Crippen molar-refractivity contribution in [3.05, 3.63) is 22.7 Å². The molecule has 10 heteroatoms. The molecule has 0 amide bonds. The van der Waals surface area contributed by atoms with Gasteiger partial charge in [0.2, 0.25) is 0 Å². The minimum absolute atomic E-state index is 0.0629. The molecule has 1 rings (SSSR count). The fraction of sp³-hybridized carbons (Fsp3) is 0.833. The number of nitrogens with two attached hydrogens (primary N) is 1. The van der Waals surface area contributed by atoms with Gasteiger partial charge in [-0.05, 0) is 6.07 Å². The summed E-state index contributed by atoms with van der Waals surface area (Å²) in [6.07, 6.45) is 20.0. The molecule has 1 aromatic rings. The first-order valence-electron chi connectivity index (χ1n) is 12.8. The number of nitrogen functional groups attached to an aromatic ring is 1. The van der Waals surface area contributed by atoms with Crippen LogP contribution in [0.2, 0.25) is 0 Å². The molecule has 0 saturated carbocycles. The normalized spacial score (nSPS) is 12.3. The number of anilines is 1. The summed E-state index contributed by atoms with van der Waals surface area (Å²) in [7, 11) is -4.31. The molecule has 1 heterocycles. The summed E-state index contributed by atoms with van der Waals surface area (Å²) >= 11 is 0. The topological polar surface area (TPSA) is 148 Å². The maximum atomic E-state index is 11.4. The highest BCUT2D eigenvalue weighted by Crippen LogP contribution is 2.34. The van der Waals surface area contributed by atoms with E-state index in [0.717, 1.165) is 4.57 Å². The Morgan fingerprint density at radius 3 is 1.74 bits per heavy atom. The first-order chi connectivity index (χ1) is 16.2. The highest BCUT2D eigenvalue weighted by molar-refractivity contribution is 7.51. The largest absolute Gasteiger partial charge is 0.394 e. The second-order valence-electron chi connectivity index (χ2n) is 8.80. The molecule has 0 aliphatic heterocycles. The van der Waals surface area contributed by atoms with Gasteiger partial charge < -0.3 is 25.4 Å². The van der Waals surface area contributed by atoms with E-state index in [2.05, 4.69) is 18.8 Å². The molecule has 0 aliphatic rings. The van der Waals surface area contributed by atoms with Gasteiger partial charge in [0.15, 0.2) is 0 Å². The van der Waals surface area contributed by atoms with Crippen molar-refractivity contribution in [2.45, 2.75) is 116 Å². The Morgan fingerprint density at radius 2 is 1.38 bits per heavy atom. The SMILES string of the molecule is CCCCCCCCCCCCCCCC.Nc1ccn(CC(CO)OCP(=O)(O)O)c(=O)n1. The standard InChI is InChI=1S/C16H34.C8H14N3O6P/c1-3-5-7-9-11-13-15-16-14-12-10-8-6-4-2;9-7-1-2-11(8(13)10-7)3-6(4-12)17-5-18(14,15)16/h3-16H2,1-2H3;1-2,6,12H,3-5H2,(H2,9,10,13)(H2,14,15,16). The van der Waals surface area contributed by atoms with E-state index < -0.39 is 32.3 Å². The predicted molar refractivity (Wildman–Crippen MR) is 138 cm³/mol. The Hall–Kier alpha value is -1.25. The smallest absolute Gasteiger partial charge is 0.350 e. The zero-order chi connectivity index (χ0) is 25.7. The lowest BCUT2D eigenvalue weighted by Gasteiger charge is -2.16. The minimum atomic E-state index is -4.31. The zero-order valence-corrected chi connectivity index (χ0v) is 22.1. The van der Waals surface area contributed by atoms with Gasteiger partial charge in [-0.25, -0.2) is 4.79 Å². The van der Waals surface area contributed by atoms with Crippen LogP contribution in [0.25, 0.3) is 0 Å². The summed E-state index contributed by atoms with van der Waals surface area (Å²) in [6, 6.07) is 1.39. The van der Waals surface area contributed by atoms with Gasteiger partial charge >= 0.3 is 13.3 Å². The van der Waals surface area contributed by atoms with Crippen molar-refractivity contribution < 1.29 is 24.2 Å². The van der Waals surface area contributed by atoms with E-state index in [1.807, 2.05) is 0 Å². The van der Waals surface area contributed by atoms with Gasteiger partial charge in [-0.3, -0.25) is 9.13 Å². The molecule has 9 nitrogen and oxygen atoms in total. The van der Waals surface area contributed by atoms with Crippen molar-refractivity contribution in [1.29, 1.82) is 0 Å². The maximum absolute atomic E-state index is 11.4. The van der Waals surface area contributed by atoms with Crippen molar-refractivity contribution in [1.82, 2.24) is 9.55 Å². The van der Waals surface area contributed by atoms with E-state index in [4.69, 9.17) is 25.4 Å². The van der Waals surface area contributed by atoms with E-state index in [9.17, 15) is 9.36 Å². The van der Waals surface area contributed by atoms with E-state index in [-0.39, 0.29) is 12.4 Å². The van der Waals surface area contributed by atoms with Crippen molar-refractivity contribution in [3.63, 3.8) is 0 Å². The molecule has 0 fully saturated rings. The number of hydrogen-bond donors (Lipinski definition) is 4. The number of rotatable bonds is 19.